The van der Waals surface area contributed by atoms with Crippen molar-refractivity contribution >= 4 is 15.9 Å². The molecule has 0 aromatic rings. The minimum Gasteiger partial charge on any atom is -0.298 e. The van der Waals surface area contributed by atoms with Crippen molar-refractivity contribution in [3.05, 3.63) is 0 Å². The van der Waals surface area contributed by atoms with Gasteiger partial charge in [-0.3, -0.25) is 9.35 Å². The highest BCUT2D eigenvalue weighted by Gasteiger charge is 2.73. The molecule has 108 valence electrons. The number of alkyl halides is 7. The number of rotatable bonds is 5. The van der Waals surface area contributed by atoms with Crippen LogP contribution in [-0.2, 0) is 14.9 Å². The Hall–Kier alpha value is -0.910. The molecule has 0 aliphatic carbocycles. The summed E-state index contributed by atoms with van der Waals surface area (Å²) in [5.41, 5.74) is 0. The van der Waals surface area contributed by atoms with Crippen molar-refractivity contribution in [2.24, 2.45) is 0 Å². The average Bonchev–Trinajstić information content (AvgIpc) is 1.95. The van der Waals surface area contributed by atoms with Gasteiger partial charge in [0.15, 0.2) is 5.78 Å². The zero-order valence-electron chi connectivity index (χ0n) is 8.14. The molecule has 0 atom stereocenters. The first-order valence-corrected chi connectivity index (χ1v) is 5.50. The molecule has 12 heteroatoms. The lowest BCUT2D eigenvalue weighted by molar-refractivity contribution is -0.353. The van der Waals surface area contributed by atoms with Gasteiger partial charge in [-0.1, -0.05) is 0 Å². The van der Waals surface area contributed by atoms with E-state index >= 15 is 0 Å². The Labute approximate surface area is 95.5 Å². The van der Waals surface area contributed by atoms with E-state index in [0.29, 0.717) is 0 Å². The summed E-state index contributed by atoms with van der Waals surface area (Å²) in [7, 11) is -5.09. The van der Waals surface area contributed by atoms with Crippen molar-refractivity contribution in [1.29, 1.82) is 0 Å². The number of Topliss-reactive ketones (excluding diaryl/α,β-unsaturated/α-hetero) is 1. The Morgan fingerprint density at radius 1 is 1.00 bits per heavy atom. The van der Waals surface area contributed by atoms with Gasteiger partial charge in [0.2, 0.25) is 0 Å². The molecule has 0 spiro atoms. The van der Waals surface area contributed by atoms with E-state index in [9.17, 15) is 43.9 Å². The number of halogens is 7. The van der Waals surface area contributed by atoms with Crippen molar-refractivity contribution in [2.45, 2.75) is 24.4 Å². The summed E-state index contributed by atoms with van der Waals surface area (Å²) < 4.78 is 113. The van der Waals surface area contributed by atoms with E-state index in [1.807, 2.05) is 0 Å². The van der Waals surface area contributed by atoms with Crippen LogP contribution in [-0.4, -0.2) is 42.5 Å². The predicted octanol–water partition coefficient (Wildman–Crippen LogP) is 1.67. The largest absolute Gasteiger partial charge is 0.459 e. The smallest absolute Gasteiger partial charge is 0.298 e. The van der Waals surface area contributed by atoms with Gasteiger partial charge in [-0.2, -0.15) is 39.2 Å². The minimum absolute atomic E-state index is 1.98. The Balaban J connectivity index is 5.03. The van der Waals surface area contributed by atoms with E-state index in [1.54, 1.807) is 0 Å². The first kappa shape index (κ1) is 17.1. The molecular weight excluding hydrogens is 301 g/mol. The molecule has 0 unspecified atom stereocenters. The zero-order valence-corrected chi connectivity index (χ0v) is 8.96. The van der Waals surface area contributed by atoms with E-state index < -0.39 is 46.1 Å². The summed E-state index contributed by atoms with van der Waals surface area (Å²) >= 11 is 0. The summed E-state index contributed by atoms with van der Waals surface area (Å²) in [5.74, 6) is -16.5. The van der Waals surface area contributed by atoms with Crippen LogP contribution in [0.15, 0.2) is 0 Å². The zero-order chi connectivity index (χ0) is 15.0. The van der Waals surface area contributed by atoms with Gasteiger partial charge in [-0.05, 0) is 0 Å². The van der Waals surface area contributed by atoms with Gasteiger partial charge in [-0.25, -0.2) is 0 Å². The topological polar surface area (TPSA) is 71.4 Å². The molecule has 0 aromatic heterocycles. The quantitative estimate of drug-likeness (QED) is 0.619. The van der Waals surface area contributed by atoms with Gasteiger partial charge in [-0.15, -0.1) is 0 Å². The van der Waals surface area contributed by atoms with Crippen LogP contribution in [0.25, 0.3) is 0 Å². The normalized spacial score (nSPS) is 14.7. The van der Waals surface area contributed by atoms with Gasteiger partial charge in [0.1, 0.15) is 5.75 Å². The number of carbonyl (C=O) groups excluding carboxylic acids is 1. The van der Waals surface area contributed by atoms with Crippen LogP contribution in [0.3, 0.4) is 0 Å². The van der Waals surface area contributed by atoms with Crippen molar-refractivity contribution in [1.82, 2.24) is 0 Å². The molecule has 0 aromatic carbocycles. The number of ketones is 1. The van der Waals surface area contributed by atoms with E-state index in [4.69, 9.17) is 4.55 Å². The lowest BCUT2D eigenvalue weighted by Gasteiger charge is -2.27. The third-order valence-corrected chi connectivity index (χ3v) is 2.26. The van der Waals surface area contributed by atoms with Gasteiger partial charge in [0.25, 0.3) is 10.1 Å². The molecule has 0 fully saturated rings. The standard InChI is InChI=1S/C6H5F7O4S/c7-4(8,5(9,10)6(11,12)13)1-3(14)2-18(15,16)17/h1-2H2,(H,15,16,17). The van der Waals surface area contributed by atoms with E-state index in [1.165, 1.54) is 0 Å². The van der Waals surface area contributed by atoms with Gasteiger partial charge < -0.3 is 0 Å². The second-order valence-electron chi connectivity index (χ2n) is 3.22. The van der Waals surface area contributed by atoms with Crippen LogP contribution in [0.1, 0.15) is 6.42 Å². The molecule has 0 radical (unpaired) electrons. The molecule has 0 bridgehead atoms. The molecule has 0 heterocycles. The average molecular weight is 306 g/mol. The van der Waals surface area contributed by atoms with E-state index in [2.05, 4.69) is 0 Å². The van der Waals surface area contributed by atoms with Crippen molar-refractivity contribution in [3.8, 4) is 0 Å². The molecule has 4 nitrogen and oxygen atoms in total. The fourth-order valence-corrected chi connectivity index (χ4v) is 1.33. The first-order chi connectivity index (χ1) is 7.60. The second-order valence-corrected chi connectivity index (χ2v) is 4.67. The van der Waals surface area contributed by atoms with Gasteiger partial charge >= 0.3 is 18.0 Å². The molecule has 0 aliphatic heterocycles. The number of hydrogen-bond donors (Lipinski definition) is 1. The Kier molecular flexibility index (Phi) is 4.41. The molecule has 0 amide bonds. The Bertz CT molecular complexity index is 424. The maximum Gasteiger partial charge on any atom is 0.459 e. The highest BCUT2D eigenvalue weighted by molar-refractivity contribution is 7.86. The van der Waals surface area contributed by atoms with Gasteiger partial charge in [0, 0.05) is 0 Å². The first-order valence-electron chi connectivity index (χ1n) is 3.89. The number of hydrogen-bond acceptors (Lipinski definition) is 3. The fraction of sp³-hybridized carbons (Fsp3) is 0.833. The van der Waals surface area contributed by atoms with Crippen molar-refractivity contribution in [3.63, 3.8) is 0 Å². The van der Waals surface area contributed by atoms with Crippen LogP contribution in [0.4, 0.5) is 30.7 Å². The summed E-state index contributed by atoms with van der Waals surface area (Å²) in [6.45, 7) is 0. The SMILES string of the molecule is O=C(CC(F)(F)C(F)(F)C(F)(F)F)CS(=O)(=O)O. The Morgan fingerprint density at radius 2 is 1.39 bits per heavy atom. The minimum atomic E-state index is -6.60. The van der Waals surface area contributed by atoms with E-state index in [-0.39, 0.29) is 0 Å². The molecular formula is C6H5F7O4S. The third-order valence-electron chi connectivity index (χ3n) is 1.58. The second kappa shape index (κ2) is 4.64. The summed E-state index contributed by atoms with van der Waals surface area (Å²) in [5, 5.41) is 0. The van der Waals surface area contributed by atoms with Gasteiger partial charge in [0.05, 0.1) is 6.42 Å². The molecule has 0 rings (SSSR count). The Morgan fingerprint density at radius 3 is 1.67 bits per heavy atom. The van der Waals surface area contributed by atoms with Crippen LogP contribution in [0.2, 0.25) is 0 Å². The van der Waals surface area contributed by atoms with Crippen molar-refractivity contribution < 1.29 is 48.5 Å². The van der Waals surface area contributed by atoms with Crippen molar-refractivity contribution in [2.75, 3.05) is 5.75 Å². The lowest BCUT2D eigenvalue weighted by atomic mass is 10.1. The summed E-state index contributed by atoms with van der Waals surface area (Å²) in [6, 6.07) is 0. The predicted molar refractivity (Wildman–Crippen MR) is 42.0 cm³/mol. The molecule has 18 heavy (non-hydrogen) atoms. The maximum atomic E-state index is 12.6. The highest BCUT2D eigenvalue weighted by Crippen LogP contribution is 2.48. The molecule has 0 saturated carbocycles. The molecule has 0 saturated heterocycles. The monoisotopic (exact) mass is 306 g/mol. The summed E-state index contributed by atoms with van der Waals surface area (Å²) in [4.78, 5) is 10.5. The van der Waals surface area contributed by atoms with E-state index in [0.717, 1.165) is 0 Å². The fourth-order valence-electron chi connectivity index (χ4n) is 0.820. The highest BCUT2D eigenvalue weighted by atomic mass is 32.2. The molecule has 0 aliphatic rings. The maximum absolute atomic E-state index is 12.6. The van der Waals surface area contributed by atoms with Crippen LogP contribution in [0.5, 0.6) is 0 Å². The number of carbonyl (C=O) groups is 1. The van der Waals surface area contributed by atoms with Crippen LogP contribution < -0.4 is 0 Å². The third kappa shape index (κ3) is 4.08. The summed E-state index contributed by atoms with van der Waals surface area (Å²) in [6.07, 6.45) is -9.27. The molecule has 1 N–H and O–H groups in total. The van der Waals surface area contributed by atoms with Crippen LogP contribution >= 0.6 is 0 Å². The van der Waals surface area contributed by atoms with Crippen LogP contribution in [0, 0.1) is 0 Å². The lowest BCUT2D eigenvalue weighted by Crippen LogP contribution is -2.53.